The Morgan fingerprint density at radius 2 is 1.75 bits per heavy atom. The quantitative estimate of drug-likeness (QED) is 0.769. The lowest BCUT2D eigenvalue weighted by molar-refractivity contribution is -0.116. The second-order valence-electron chi connectivity index (χ2n) is 5.72. The number of allylic oxidation sites excluding steroid dienone is 2. The second kappa shape index (κ2) is 6.04. The molecule has 0 bridgehead atoms. The Morgan fingerprint density at radius 3 is 2.25 bits per heavy atom. The average molecular weight is 274 g/mol. The van der Waals surface area contributed by atoms with Crippen molar-refractivity contribution in [3.8, 4) is 0 Å². The Balaban J connectivity index is 0.00000200. The zero-order valence-electron chi connectivity index (χ0n) is 11.5. The Labute approximate surface area is 120 Å². The van der Waals surface area contributed by atoms with E-state index in [0.29, 0.717) is 12.0 Å². The number of methoxy groups -OCH3 is 1. The van der Waals surface area contributed by atoms with E-state index in [9.17, 15) is 9.59 Å². The van der Waals surface area contributed by atoms with Gasteiger partial charge in [-0.1, -0.05) is 33.4 Å². The summed E-state index contributed by atoms with van der Waals surface area (Å²) >= 11 is 0. The number of benzene rings is 1. The highest BCUT2D eigenvalue weighted by Gasteiger charge is 2.27. The smallest absolute Gasteiger partial charge is 0.337 e. The first-order valence-corrected chi connectivity index (χ1v) is 6.33. The molecule has 1 aromatic carbocycles. The standard InChI is InChI=1S/C16H18O3.CH4/c1-16(2)9-13(8-14(17)10-16)11-4-6-12(7-5-11)15(18)19-3;/h4-8H,9-10H2,1-3H3;1H4. The zero-order valence-corrected chi connectivity index (χ0v) is 11.5. The highest BCUT2D eigenvalue weighted by molar-refractivity contribution is 5.99. The summed E-state index contributed by atoms with van der Waals surface area (Å²) in [7, 11) is 1.36. The van der Waals surface area contributed by atoms with E-state index < -0.39 is 0 Å². The molecular weight excluding hydrogens is 252 g/mol. The Morgan fingerprint density at radius 1 is 1.15 bits per heavy atom. The van der Waals surface area contributed by atoms with Gasteiger partial charge in [0.15, 0.2) is 5.78 Å². The lowest BCUT2D eigenvalue weighted by atomic mass is 9.75. The summed E-state index contributed by atoms with van der Waals surface area (Å²) in [6, 6.07) is 7.20. The molecule has 20 heavy (non-hydrogen) atoms. The minimum atomic E-state index is -0.347. The SMILES string of the molecule is C.COC(=O)c1ccc(C2=CC(=O)CC(C)(C)C2)cc1. The van der Waals surface area contributed by atoms with E-state index in [4.69, 9.17) is 0 Å². The average Bonchev–Trinajstić information content (AvgIpc) is 2.35. The van der Waals surface area contributed by atoms with Crippen LogP contribution >= 0.6 is 0 Å². The maximum absolute atomic E-state index is 11.7. The third-order valence-corrected chi connectivity index (χ3v) is 3.33. The van der Waals surface area contributed by atoms with E-state index in [0.717, 1.165) is 17.6 Å². The first-order chi connectivity index (χ1) is 8.91. The van der Waals surface area contributed by atoms with Crippen molar-refractivity contribution in [3.05, 3.63) is 41.5 Å². The Hall–Kier alpha value is -1.90. The minimum Gasteiger partial charge on any atom is -0.465 e. The van der Waals surface area contributed by atoms with Crippen LogP contribution < -0.4 is 0 Å². The summed E-state index contributed by atoms with van der Waals surface area (Å²) < 4.78 is 4.66. The lowest BCUT2D eigenvalue weighted by Crippen LogP contribution is -2.21. The second-order valence-corrected chi connectivity index (χ2v) is 5.72. The molecule has 0 spiro atoms. The lowest BCUT2D eigenvalue weighted by Gasteiger charge is -2.29. The number of hydrogen-bond donors (Lipinski definition) is 0. The van der Waals surface area contributed by atoms with Gasteiger partial charge in [0, 0.05) is 6.42 Å². The van der Waals surface area contributed by atoms with E-state index in [-0.39, 0.29) is 24.6 Å². The summed E-state index contributed by atoms with van der Waals surface area (Å²) in [6.07, 6.45) is 3.19. The maximum atomic E-state index is 11.7. The van der Waals surface area contributed by atoms with E-state index in [2.05, 4.69) is 18.6 Å². The number of ether oxygens (including phenoxy) is 1. The number of carbonyl (C=O) groups is 2. The van der Waals surface area contributed by atoms with Gasteiger partial charge in [-0.25, -0.2) is 4.79 Å². The molecule has 108 valence electrons. The van der Waals surface area contributed by atoms with Crippen molar-refractivity contribution in [2.24, 2.45) is 5.41 Å². The van der Waals surface area contributed by atoms with Crippen molar-refractivity contribution in [3.63, 3.8) is 0 Å². The fraction of sp³-hybridized carbons (Fsp3) is 0.412. The molecule has 0 atom stereocenters. The van der Waals surface area contributed by atoms with E-state index >= 15 is 0 Å². The van der Waals surface area contributed by atoms with Gasteiger partial charge in [-0.2, -0.15) is 0 Å². The largest absolute Gasteiger partial charge is 0.465 e. The van der Waals surface area contributed by atoms with Crippen LogP contribution in [0.4, 0.5) is 0 Å². The molecule has 0 aliphatic heterocycles. The number of ketones is 1. The van der Waals surface area contributed by atoms with Gasteiger partial charge < -0.3 is 4.74 Å². The number of carbonyl (C=O) groups excluding carboxylic acids is 2. The third kappa shape index (κ3) is 3.56. The van der Waals surface area contributed by atoms with Crippen molar-refractivity contribution >= 4 is 17.3 Å². The fourth-order valence-corrected chi connectivity index (χ4v) is 2.47. The van der Waals surface area contributed by atoms with Crippen LogP contribution in [-0.2, 0) is 9.53 Å². The van der Waals surface area contributed by atoms with Crippen LogP contribution in [-0.4, -0.2) is 18.9 Å². The topological polar surface area (TPSA) is 43.4 Å². The molecule has 2 rings (SSSR count). The Kier molecular flexibility index (Phi) is 4.88. The first kappa shape index (κ1) is 16.2. The van der Waals surface area contributed by atoms with Gasteiger partial charge >= 0.3 is 5.97 Å². The molecule has 0 saturated heterocycles. The summed E-state index contributed by atoms with van der Waals surface area (Å²) in [5.41, 5.74) is 2.56. The maximum Gasteiger partial charge on any atom is 0.337 e. The monoisotopic (exact) mass is 274 g/mol. The third-order valence-electron chi connectivity index (χ3n) is 3.33. The molecule has 0 N–H and O–H groups in total. The van der Waals surface area contributed by atoms with Crippen molar-refractivity contribution < 1.29 is 14.3 Å². The molecule has 1 aliphatic rings. The predicted molar refractivity (Wildman–Crippen MR) is 80.5 cm³/mol. The van der Waals surface area contributed by atoms with Crippen LogP contribution in [0.15, 0.2) is 30.3 Å². The molecule has 0 amide bonds. The van der Waals surface area contributed by atoms with Crippen LogP contribution in [0.1, 0.15) is 50.0 Å². The van der Waals surface area contributed by atoms with Gasteiger partial charge in [0.1, 0.15) is 0 Å². The number of esters is 1. The highest BCUT2D eigenvalue weighted by Crippen LogP contribution is 2.37. The van der Waals surface area contributed by atoms with Gasteiger partial charge in [-0.15, -0.1) is 0 Å². The van der Waals surface area contributed by atoms with Crippen LogP contribution in [0.25, 0.3) is 5.57 Å². The highest BCUT2D eigenvalue weighted by atomic mass is 16.5. The predicted octanol–water partition coefficient (Wildman–Crippen LogP) is 3.88. The van der Waals surface area contributed by atoms with Crippen LogP contribution in [0.5, 0.6) is 0 Å². The van der Waals surface area contributed by atoms with Gasteiger partial charge in [0.25, 0.3) is 0 Å². The molecular formula is C17H22O3. The van der Waals surface area contributed by atoms with E-state index in [1.54, 1.807) is 18.2 Å². The van der Waals surface area contributed by atoms with Crippen LogP contribution in [0, 0.1) is 5.41 Å². The molecule has 0 fully saturated rings. The van der Waals surface area contributed by atoms with E-state index in [1.165, 1.54) is 7.11 Å². The van der Waals surface area contributed by atoms with Gasteiger partial charge in [-0.3, -0.25) is 4.79 Å². The molecule has 0 aromatic heterocycles. The zero-order chi connectivity index (χ0) is 14.0. The molecule has 3 heteroatoms. The van der Waals surface area contributed by atoms with Crippen molar-refractivity contribution in [2.75, 3.05) is 7.11 Å². The first-order valence-electron chi connectivity index (χ1n) is 6.33. The summed E-state index contributed by atoms with van der Waals surface area (Å²) in [6.45, 7) is 4.20. The van der Waals surface area contributed by atoms with E-state index in [1.807, 2.05) is 12.1 Å². The molecule has 0 radical (unpaired) electrons. The molecule has 3 nitrogen and oxygen atoms in total. The summed E-state index contributed by atoms with van der Waals surface area (Å²) in [5, 5.41) is 0. The summed E-state index contributed by atoms with van der Waals surface area (Å²) in [5.74, 6) is -0.177. The fourth-order valence-electron chi connectivity index (χ4n) is 2.47. The molecule has 1 aliphatic carbocycles. The number of hydrogen-bond acceptors (Lipinski definition) is 3. The van der Waals surface area contributed by atoms with Gasteiger partial charge in [0.2, 0.25) is 0 Å². The van der Waals surface area contributed by atoms with Crippen molar-refractivity contribution in [1.29, 1.82) is 0 Å². The molecule has 1 aromatic rings. The van der Waals surface area contributed by atoms with Gasteiger partial charge in [-0.05, 0) is 41.2 Å². The number of rotatable bonds is 2. The van der Waals surface area contributed by atoms with Gasteiger partial charge in [0.05, 0.1) is 12.7 Å². The Bertz CT molecular complexity index is 536. The molecule has 0 unspecified atom stereocenters. The van der Waals surface area contributed by atoms with Crippen molar-refractivity contribution in [2.45, 2.75) is 34.1 Å². The molecule has 0 heterocycles. The van der Waals surface area contributed by atoms with Crippen LogP contribution in [0.3, 0.4) is 0 Å². The minimum absolute atomic E-state index is 0. The van der Waals surface area contributed by atoms with Crippen LogP contribution in [0.2, 0.25) is 0 Å². The normalized spacial score (nSPS) is 16.9. The summed E-state index contributed by atoms with van der Waals surface area (Å²) in [4.78, 5) is 23.1. The van der Waals surface area contributed by atoms with Crippen molar-refractivity contribution in [1.82, 2.24) is 0 Å². The molecule has 0 saturated carbocycles.